The highest BCUT2D eigenvalue weighted by molar-refractivity contribution is 5.98. The second kappa shape index (κ2) is 10.8. The number of rotatable bonds is 9. The molecule has 0 aromatic heterocycles. The second-order valence-corrected chi connectivity index (χ2v) is 8.23. The van der Waals surface area contributed by atoms with E-state index in [1.165, 1.54) is 0 Å². The van der Waals surface area contributed by atoms with Gasteiger partial charge in [0.25, 0.3) is 11.8 Å². The Balaban J connectivity index is 2.04. The molecule has 0 fully saturated rings. The van der Waals surface area contributed by atoms with Crippen molar-refractivity contribution in [2.24, 2.45) is 0 Å². The van der Waals surface area contributed by atoms with Gasteiger partial charge in [-0.2, -0.15) is 0 Å². The van der Waals surface area contributed by atoms with Crippen LogP contribution in [0.4, 0.5) is 0 Å². The van der Waals surface area contributed by atoms with Gasteiger partial charge in [-0.05, 0) is 69.7 Å². The normalized spacial score (nSPS) is 12.1. The van der Waals surface area contributed by atoms with Gasteiger partial charge in [0.1, 0.15) is 6.61 Å². The quantitative estimate of drug-likeness (QED) is 0.594. The van der Waals surface area contributed by atoms with Gasteiger partial charge in [-0.15, -0.1) is 0 Å². The Kier molecular flexibility index (Phi) is 8.45. The highest BCUT2D eigenvalue weighted by atomic mass is 16.5. The number of carbonyl (C=O) groups excluding carboxylic acids is 2. The van der Waals surface area contributed by atoms with Crippen LogP contribution in [0, 0.1) is 0 Å². The molecule has 0 aliphatic carbocycles. The maximum atomic E-state index is 12.7. The summed E-state index contributed by atoms with van der Waals surface area (Å²) in [4.78, 5) is 24.9. The maximum absolute atomic E-state index is 12.7. The van der Waals surface area contributed by atoms with Crippen molar-refractivity contribution in [1.82, 2.24) is 10.6 Å². The summed E-state index contributed by atoms with van der Waals surface area (Å²) in [7, 11) is 3.19. The van der Waals surface area contributed by atoms with E-state index in [0.717, 1.165) is 5.56 Å². The van der Waals surface area contributed by atoms with Crippen LogP contribution in [0.5, 0.6) is 11.5 Å². The molecule has 0 saturated carbocycles. The second-order valence-electron chi connectivity index (χ2n) is 8.23. The van der Waals surface area contributed by atoms with Crippen molar-refractivity contribution in [3.8, 4) is 11.5 Å². The van der Waals surface area contributed by atoms with Crippen LogP contribution in [-0.4, -0.2) is 44.8 Å². The van der Waals surface area contributed by atoms with Crippen molar-refractivity contribution in [2.45, 2.75) is 39.3 Å². The van der Waals surface area contributed by atoms with Gasteiger partial charge in [0.15, 0.2) is 11.5 Å². The first kappa shape index (κ1) is 24.2. The Morgan fingerprint density at radius 1 is 0.903 bits per heavy atom. The lowest BCUT2D eigenvalue weighted by molar-refractivity contribution is 0.0913. The lowest BCUT2D eigenvalue weighted by Gasteiger charge is -2.20. The standard InChI is InChI=1S/C24H32N2O5/c1-16(19-11-12-20(21(15-19)30-6)31-14-13-29-5)25-22(27)17-7-9-18(10-8-17)23(28)26-24(2,3)4/h7-12,15-16H,13-14H2,1-6H3,(H,25,27)(H,26,28). The van der Waals surface area contributed by atoms with Gasteiger partial charge < -0.3 is 24.8 Å². The van der Waals surface area contributed by atoms with Gasteiger partial charge >= 0.3 is 0 Å². The van der Waals surface area contributed by atoms with Crippen molar-refractivity contribution in [2.75, 3.05) is 27.4 Å². The molecule has 31 heavy (non-hydrogen) atoms. The van der Waals surface area contributed by atoms with Crippen LogP contribution < -0.4 is 20.1 Å². The van der Waals surface area contributed by atoms with E-state index in [0.29, 0.717) is 35.8 Å². The minimum atomic E-state index is -0.325. The molecule has 0 saturated heterocycles. The summed E-state index contributed by atoms with van der Waals surface area (Å²) >= 11 is 0. The number of hydrogen-bond acceptors (Lipinski definition) is 5. The fourth-order valence-corrected chi connectivity index (χ4v) is 2.86. The van der Waals surface area contributed by atoms with Gasteiger partial charge in [-0.25, -0.2) is 0 Å². The highest BCUT2D eigenvalue weighted by Crippen LogP contribution is 2.30. The first-order valence-electron chi connectivity index (χ1n) is 10.2. The average Bonchev–Trinajstić information content (AvgIpc) is 2.72. The van der Waals surface area contributed by atoms with Crippen molar-refractivity contribution in [3.63, 3.8) is 0 Å². The number of carbonyl (C=O) groups is 2. The molecule has 7 heteroatoms. The van der Waals surface area contributed by atoms with E-state index in [4.69, 9.17) is 14.2 Å². The first-order valence-corrected chi connectivity index (χ1v) is 10.2. The van der Waals surface area contributed by atoms with Crippen LogP contribution in [0.25, 0.3) is 0 Å². The molecule has 1 atom stereocenters. The van der Waals surface area contributed by atoms with E-state index >= 15 is 0 Å². The zero-order valence-corrected chi connectivity index (χ0v) is 19.1. The zero-order valence-electron chi connectivity index (χ0n) is 19.1. The monoisotopic (exact) mass is 428 g/mol. The molecule has 2 aromatic rings. The predicted molar refractivity (Wildman–Crippen MR) is 120 cm³/mol. The van der Waals surface area contributed by atoms with Crippen LogP contribution in [-0.2, 0) is 4.74 Å². The van der Waals surface area contributed by atoms with Gasteiger partial charge in [-0.3, -0.25) is 9.59 Å². The predicted octanol–water partition coefficient (Wildman–Crippen LogP) is 3.74. The van der Waals surface area contributed by atoms with E-state index in [1.54, 1.807) is 38.5 Å². The Morgan fingerprint density at radius 2 is 1.52 bits per heavy atom. The van der Waals surface area contributed by atoms with E-state index in [-0.39, 0.29) is 23.4 Å². The summed E-state index contributed by atoms with van der Waals surface area (Å²) in [6.45, 7) is 8.55. The third kappa shape index (κ3) is 7.29. The lowest BCUT2D eigenvalue weighted by atomic mass is 10.1. The van der Waals surface area contributed by atoms with Crippen LogP contribution in [0.3, 0.4) is 0 Å². The molecule has 7 nitrogen and oxygen atoms in total. The van der Waals surface area contributed by atoms with E-state index < -0.39 is 0 Å². The third-order valence-corrected chi connectivity index (χ3v) is 4.48. The van der Waals surface area contributed by atoms with E-state index in [1.807, 2.05) is 45.9 Å². The number of hydrogen-bond donors (Lipinski definition) is 2. The Hall–Kier alpha value is -3.06. The smallest absolute Gasteiger partial charge is 0.251 e. The molecule has 2 rings (SSSR count). The zero-order chi connectivity index (χ0) is 23.0. The molecule has 2 N–H and O–H groups in total. The highest BCUT2D eigenvalue weighted by Gasteiger charge is 2.17. The minimum Gasteiger partial charge on any atom is -0.493 e. The number of benzene rings is 2. The lowest BCUT2D eigenvalue weighted by Crippen LogP contribution is -2.40. The molecule has 1 unspecified atom stereocenters. The van der Waals surface area contributed by atoms with Gasteiger partial charge in [0, 0.05) is 23.8 Å². The SMILES string of the molecule is COCCOc1ccc(C(C)NC(=O)c2ccc(C(=O)NC(C)(C)C)cc2)cc1OC. The molecule has 0 bridgehead atoms. The molecule has 2 amide bonds. The molecule has 0 aliphatic rings. The van der Waals surface area contributed by atoms with Crippen molar-refractivity contribution < 1.29 is 23.8 Å². The van der Waals surface area contributed by atoms with Gasteiger partial charge in [0.05, 0.1) is 19.8 Å². The number of nitrogens with one attached hydrogen (secondary N) is 2. The number of methoxy groups -OCH3 is 2. The average molecular weight is 429 g/mol. The molecular weight excluding hydrogens is 396 g/mol. The summed E-state index contributed by atoms with van der Waals surface area (Å²) < 4.78 is 16.0. The topological polar surface area (TPSA) is 85.9 Å². The Labute approximate surface area is 184 Å². The van der Waals surface area contributed by atoms with Crippen LogP contribution in [0.1, 0.15) is 60.0 Å². The van der Waals surface area contributed by atoms with Crippen LogP contribution in [0.2, 0.25) is 0 Å². The molecule has 0 spiro atoms. The van der Waals surface area contributed by atoms with Crippen LogP contribution >= 0.6 is 0 Å². The first-order chi connectivity index (χ1) is 14.6. The van der Waals surface area contributed by atoms with Crippen molar-refractivity contribution in [1.29, 1.82) is 0 Å². The minimum absolute atomic E-state index is 0.173. The van der Waals surface area contributed by atoms with Crippen molar-refractivity contribution >= 4 is 11.8 Å². The molecule has 0 radical (unpaired) electrons. The van der Waals surface area contributed by atoms with Crippen LogP contribution in [0.15, 0.2) is 42.5 Å². The fraction of sp³-hybridized carbons (Fsp3) is 0.417. The van der Waals surface area contributed by atoms with Gasteiger partial charge in [-0.1, -0.05) is 6.07 Å². The summed E-state index contributed by atoms with van der Waals surface area (Å²) in [5.41, 5.74) is 1.54. The third-order valence-electron chi connectivity index (χ3n) is 4.48. The maximum Gasteiger partial charge on any atom is 0.251 e. The summed E-state index contributed by atoms with van der Waals surface area (Å²) in [6, 6.07) is 11.9. The Bertz CT molecular complexity index is 888. The van der Waals surface area contributed by atoms with Crippen molar-refractivity contribution in [3.05, 3.63) is 59.2 Å². The molecule has 168 valence electrons. The van der Waals surface area contributed by atoms with Gasteiger partial charge in [0.2, 0.25) is 0 Å². The molecule has 0 heterocycles. The molecular formula is C24H32N2O5. The van der Waals surface area contributed by atoms with E-state index in [9.17, 15) is 9.59 Å². The van der Waals surface area contributed by atoms with E-state index in [2.05, 4.69) is 10.6 Å². The number of ether oxygens (including phenoxy) is 3. The summed E-state index contributed by atoms with van der Waals surface area (Å²) in [5.74, 6) is 0.803. The molecule has 2 aromatic carbocycles. The largest absolute Gasteiger partial charge is 0.493 e. The fourth-order valence-electron chi connectivity index (χ4n) is 2.86. The molecule has 0 aliphatic heterocycles. The summed E-state index contributed by atoms with van der Waals surface area (Å²) in [5, 5.41) is 5.87. The summed E-state index contributed by atoms with van der Waals surface area (Å²) in [6.07, 6.45) is 0. The Morgan fingerprint density at radius 3 is 2.06 bits per heavy atom. The number of amides is 2.